The minimum absolute atomic E-state index is 0.0459. The largest absolute Gasteiger partial charge is 0.481 e. The van der Waals surface area contributed by atoms with Crippen molar-refractivity contribution in [3.05, 3.63) is 34.1 Å². The summed E-state index contributed by atoms with van der Waals surface area (Å²) < 4.78 is 13.3. The smallest absolute Gasteiger partial charge is 0.303 e. The molecular formula is C10H10BrFO2. The van der Waals surface area contributed by atoms with Crippen LogP contribution in [-0.2, 0) is 4.79 Å². The summed E-state index contributed by atoms with van der Waals surface area (Å²) in [5.74, 6) is -1.31. The predicted molar refractivity (Wildman–Crippen MR) is 54.8 cm³/mol. The summed E-state index contributed by atoms with van der Waals surface area (Å²) in [4.78, 5) is 10.5. The highest BCUT2D eigenvalue weighted by atomic mass is 79.9. The lowest BCUT2D eigenvalue weighted by Crippen LogP contribution is -2.03. The number of hydrogen-bond donors (Lipinski definition) is 1. The summed E-state index contributed by atoms with van der Waals surface area (Å²) in [6.45, 7) is 1.80. The van der Waals surface area contributed by atoms with Gasteiger partial charge in [-0.2, -0.15) is 0 Å². The van der Waals surface area contributed by atoms with E-state index in [1.54, 1.807) is 13.0 Å². The SMILES string of the molecule is CC(CC(=O)O)c1ccc(F)cc1Br. The monoisotopic (exact) mass is 260 g/mol. The van der Waals surface area contributed by atoms with Gasteiger partial charge in [0.05, 0.1) is 6.42 Å². The fraction of sp³-hybridized carbons (Fsp3) is 0.300. The molecule has 14 heavy (non-hydrogen) atoms. The van der Waals surface area contributed by atoms with E-state index in [2.05, 4.69) is 15.9 Å². The zero-order valence-corrected chi connectivity index (χ0v) is 9.21. The molecule has 1 N–H and O–H groups in total. The van der Waals surface area contributed by atoms with Crippen LogP contribution in [0.1, 0.15) is 24.8 Å². The Labute approximate surface area is 89.9 Å². The Bertz CT molecular complexity index is 352. The van der Waals surface area contributed by atoms with Crippen LogP contribution in [0.25, 0.3) is 0 Å². The van der Waals surface area contributed by atoms with Crippen LogP contribution in [0.15, 0.2) is 22.7 Å². The third kappa shape index (κ3) is 2.80. The number of rotatable bonds is 3. The van der Waals surface area contributed by atoms with Crippen LogP contribution in [-0.4, -0.2) is 11.1 Å². The molecule has 0 heterocycles. The second-order valence-corrected chi connectivity index (χ2v) is 4.02. The molecule has 0 aliphatic heterocycles. The van der Waals surface area contributed by atoms with Crippen molar-refractivity contribution in [2.45, 2.75) is 19.3 Å². The van der Waals surface area contributed by atoms with Crippen LogP contribution in [0, 0.1) is 5.82 Å². The third-order valence-electron chi connectivity index (χ3n) is 1.97. The maximum absolute atomic E-state index is 12.7. The second kappa shape index (κ2) is 4.55. The standard InChI is InChI=1S/C10H10BrFO2/c1-6(4-10(13)14)8-3-2-7(12)5-9(8)11/h2-3,5-6H,4H2,1H3,(H,13,14). The molecule has 1 aromatic carbocycles. The van der Waals surface area contributed by atoms with Gasteiger partial charge in [-0.05, 0) is 23.6 Å². The molecule has 0 fully saturated rings. The summed E-state index contributed by atoms with van der Waals surface area (Å²) >= 11 is 3.20. The number of carboxylic acid groups (broad SMARTS) is 1. The molecule has 0 saturated carbocycles. The Hall–Kier alpha value is -0.900. The van der Waals surface area contributed by atoms with E-state index < -0.39 is 5.97 Å². The van der Waals surface area contributed by atoms with Gasteiger partial charge in [0.1, 0.15) is 5.82 Å². The van der Waals surface area contributed by atoms with Gasteiger partial charge in [0.25, 0.3) is 0 Å². The van der Waals surface area contributed by atoms with E-state index in [4.69, 9.17) is 5.11 Å². The number of benzene rings is 1. The predicted octanol–water partition coefficient (Wildman–Crippen LogP) is 3.17. The summed E-state index contributed by atoms with van der Waals surface area (Å²) in [6, 6.07) is 4.28. The van der Waals surface area contributed by atoms with Crippen LogP contribution in [0.5, 0.6) is 0 Å². The van der Waals surface area contributed by atoms with Crippen molar-refractivity contribution in [3.63, 3.8) is 0 Å². The van der Waals surface area contributed by atoms with Crippen LogP contribution < -0.4 is 0 Å². The molecule has 1 aromatic rings. The lowest BCUT2D eigenvalue weighted by atomic mass is 9.98. The lowest BCUT2D eigenvalue weighted by Gasteiger charge is -2.10. The normalized spacial score (nSPS) is 12.5. The van der Waals surface area contributed by atoms with Crippen molar-refractivity contribution in [1.29, 1.82) is 0 Å². The maximum atomic E-state index is 12.7. The first-order valence-corrected chi connectivity index (χ1v) is 4.96. The van der Waals surface area contributed by atoms with Crippen molar-refractivity contribution >= 4 is 21.9 Å². The number of aliphatic carboxylic acids is 1. The van der Waals surface area contributed by atoms with Crippen molar-refractivity contribution in [2.75, 3.05) is 0 Å². The molecular weight excluding hydrogens is 251 g/mol. The van der Waals surface area contributed by atoms with Gasteiger partial charge in [-0.1, -0.05) is 28.9 Å². The maximum Gasteiger partial charge on any atom is 0.303 e. The second-order valence-electron chi connectivity index (χ2n) is 3.16. The third-order valence-corrected chi connectivity index (χ3v) is 2.66. The van der Waals surface area contributed by atoms with Gasteiger partial charge in [0.15, 0.2) is 0 Å². The number of carbonyl (C=O) groups is 1. The van der Waals surface area contributed by atoms with Crippen LogP contribution in [0.4, 0.5) is 4.39 Å². The molecule has 0 spiro atoms. The fourth-order valence-corrected chi connectivity index (χ4v) is 2.01. The molecule has 0 radical (unpaired) electrons. The van der Waals surface area contributed by atoms with Gasteiger partial charge in [-0.15, -0.1) is 0 Å². The van der Waals surface area contributed by atoms with E-state index in [1.807, 2.05) is 0 Å². The minimum atomic E-state index is -0.853. The first kappa shape index (κ1) is 11.2. The number of hydrogen-bond acceptors (Lipinski definition) is 1. The Morgan fingerprint density at radius 1 is 1.64 bits per heavy atom. The van der Waals surface area contributed by atoms with E-state index in [-0.39, 0.29) is 18.2 Å². The Morgan fingerprint density at radius 2 is 2.29 bits per heavy atom. The highest BCUT2D eigenvalue weighted by molar-refractivity contribution is 9.10. The molecule has 0 aliphatic carbocycles. The molecule has 0 bridgehead atoms. The van der Waals surface area contributed by atoms with Crippen molar-refractivity contribution in [1.82, 2.24) is 0 Å². The molecule has 0 aliphatic rings. The lowest BCUT2D eigenvalue weighted by molar-refractivity contribution is -0.137. The molecule has 1 rings (SSSR count). The summed E-state index contributed by atoms with van der Waals surface area (Å²) in [5, 5.41) is 8.60. The zero-order chi connectivity index (χ0) is 10.7. The molecule has 1 unspecified atom stereocenters. The van der Waals surface area contributed by atoms with Gasteiger partial charge < -0.3 is 5.11 Å². The van der Waals surface area contributed by atoms with Crippen LogP contribution in [0.2, 0.25) is 0 Å². The Morgan fingerprint density at radius 3 is 2.79 bits per heavy atom. The first-order chi connectivity index (χ1) is 6.50. The van der Waals surface area contributed by atoms with E-state index >= 15 is 0 Å². The van der Waals surface area contributed by atoms with Gasteiger partial charge >= 0.3 is 5.97 Å². The van der Waals surface area contributed by atoms with Gasteiger partial charge in [-0.3, -0.25) is 4.79 Å². The molecule has 4 heteroatoms. The van der Waals surface area contributed by atoms with Gasteiger partial charge in [-0.25, -0.2) is 4.39 Å². The zero-order valence-electron chi connectivity index (χ0n) is 7.63. The topological polar surface area (TPSA) is 37.3 Å². The van der Waals surface area contributed by atoms with Crippen molar-refractivity contribution in [3.8, 4) is 0 Å². The molecule has 0 saturated heterocycles. The Balaban J connectivity index is 2.90. The Kier molecular flexibility index (Phi) is 3.63. The van der Waals surface area contributed by atoms with Gasteiger partial charge in [0, 0.05) is 4.47 Å². The summed E-state index contributed by atoms with van der Waals surface area (Å²) in [7, 11) is 0. The van der Waals surface area contributed by atoms with E-state index in [0.717, 1.165) is 5.56 Å². The summed E-state index contributed by atoms with van der Waals surface area (Å²) in [6.07, 6.45) is 0.0459. The van der Waals surface area contributed by atoms with Crippen LogP contribution in [0.3, 0.4) is 0 Å². The number of carboxylic acids is 1. The highest BCUT2D eigenvalue weighted by Gasteiger charge is 2.13. The average molecular weight is 261 g/mol. The summed E-state index contributed by atoms with van der Waals surface area (Å²) in [5.41, 5.74) is 0.814. The van der Waals surface area contributed by atoms with Crippen LogP contribution >= 0.6 is 15.9 Å². The minimum Gasteiger partial charge on any atom is -0.481 e. The highest BCUT2D eigenvalue weighted by Crippen LogP contribution is 2.27. The molecule has 0 aromatic heterocycles. The van der Waals surface area contributed by atoms with Gasteiger partial charge in [0.2, 0.25) is 0 Å². The molecule has 1 atom stereocenters. The van der Waals surface area contributed by atoms with Crippen molar-refractivity contribution < 1.29 is 14.3 Å². The van der Waals surface area contributed by atoms with Crippen molar-refractivity contribution in [2.24, 2.45) is 0 Å². The first-order valence-electron chi connectivity index (χ1n) is 4.17. The fourth-order valence-electron chi connectivity index (χ4n) is 1.27. The molecule has 76 valence electrons. The average Bonchev–Trinajstić information content (AvgIpc) is 2.01. The quantitative estimate of drug-likeness (QED) is 0.907. The van der Waals surface area contributed by atoms with E-state index in [9.17, 15) is 9.18 Å². The van der Waals surface area contributed by atoms with E-state index in [0.29, 0.717) is 4.47 Å². The number of halogens is 2. The molecule has 2 nitrogen and oxygen atoms in total. The molecule has 0 amide bonds. The van der Waals surface area contributed by atoms with E-state index in [1.165, 1.54) is 12.1 Å².